The summed E-state index contributed by atoms with van der Waals surface area (Å²) in [6.07, 6.45) is 0. The number of nitrogens with zero attached hydrogens (tertiary/aromatic N) is 1. The van der Waals surface area contributed by atoms with E-state index in [9.17, 15) is 0 Å². The molecule has 66 heavy (non-hydrogen) atoms. The second kappa shape index (κ2) is 16.6. The molecule has 10 rings (SSSR count). The minimum atomic E-state index is 1.20. The summed E-state index contributed by atoms with van der Waals surface area (Å²) in [6.45, 7) is 0. The summed E-state index contributed by atoms with van der Waals surface area (Å²) in [5.74, 6) is 0. The van der Waals surface area contributed by atoms with Crippen molar-refractivity contribution in [2.24, 2.45) is 0 Å². The molecule has 0 heterocycles. The molecule has 0 radical (unpaired) electrons. The van der Waals surface area contributed by atoms with Gasteiger partial charge in [-0.05, 0) is 77.2 Å². The van der Waals surface area contributed by atoms with Crippen LogP contribution < -0.4 is 75.9 Å². The van der Waals surface area contributed by atoms with Crippen molar-refractivity contribution in [1.29, 1.82) is 0 Å². The van der Waals surface area contributed by atoms with Crippen LogP contribution in [0.15, 0.2) is 133 Å². The van der Waals surface area contributed by atoms with Crippen molar-refractivity contribution in [3.63, 3.8) is 0 Å². The molecular formula is C52H48B13N. The van der Waals surface area contributed by atoms with E-state index in [1.165, 1.54) is 165 Å². The highest BCUT2D eigenvalue weighted by atomic mass is 15.2. The van der Waals surface area contributed by atoms with Crippen LogP contribution in [0.25, 0.3) is 76.5 Å². The lowest BCUT2D eigenvalue weighted by Gasteiger charge is -2.38. The Bertz CT molecular complexity index is 3620. The van der Waals surface area contributed by atoms with Crippen molar-refractivity contribution in [2.45, 2.75) is 0 Å². The predicted octanol–water partition coefficient (Wildman–Crippen LogP) is -7.87. The zero-order chi connectivity index (χ0) is 46.5. The van der Waals surface area contributed by atoms with Gasteiger partial charge in [0, 0.05) is 16.8 Å². The third-order valence-corrected chi connectivity index (χ3v) is 16.1. The fourth-order valence-electron chi connectivity index (χ4n) is 11.8. The molecule has 10 aromatic rings. The minimum absolute atomic E-state index is 1.20. The Morgan fingerprint density at radius 1 is 0.242 bits per heavy atom. The highest BCUT2D eigenvalue weighted by Gasteiger charge is 2.30. The lowest BCUT2D eigenvalue weighted by Crippen LogP contribution is -2.57. The molecule has 0 unspecified atom stereocenters. The van der Waals surface area contributed by atoms with Gasteiger partial charge in [0.15, 0.2) is 0 Å². The Morgan fingerprint density at radius 2 is 0.561 bits per heavy atom. The van der Waals surface area contributed by atoms with Crippen LogP contribution in [0.3, 0.4) is 0 Å². The van der Waals surface area contributed by atoms with Crippen molar-refractivity contribution in [1.82, 2.24) is 0 Å². The van der Waals surface area contributed by atoms with E-state index in [1.54, 1.807) is 0 Å². The quantitative estimate of drug-likeness (QED) is 0.119. The first kappa shape index (κ1) is 43.8. The van der Waals surface area contributed by atoms with Crippen molar-refractivity contribution in [3.8, 4) is 33.4 Å². The first-order valence-electron chi connectivity index (χ1n) is 23.7. The fourth-order valence-corrected chi connectivity index (χ4v) is 11.8. The molecule has 0 fully saturated rings. The van der Waals surface area contributed by atoms with Gasteiger partial charge in [0.05, 0.1) is 5.69 Å². The van der Waals surface area contributed by atoms with Gasteiger partial charge in [0.2, 0.25) is 0 Å². The molecule has 10 aromatic carbocycles. The molecule has 0 bridgehead atoms. The fraction of sp³-hybridized carbons (Fsp3) is 0. The van der Waals surface area contributed by atoms with E-state index in [0.29, 0.717) is 0 Å². The Kier molecular flexibility index (Phi) is 11.0. The van der Waals surface area contributed by atoms with Gasteiger partial charge >= 0.3 is 0 Å². The second-order valence-corrected chi connectivity index (χ2v) is 19.2. The van der Waals surface area contributed by atoms with Crippen LogP contribution in [0.5, 0.6) is 0 Å². The van der Waals surface area contributed by atoms with E-state index in [1.807, 2.05) is 0 Å². The molecule has 0 aromatic heterocycles. The van der Waals surface area contributed by atoms with E-state index in [4.69, 9.17) is 0 Å². The molecule has 0 atom stereocenters. The van der Waals surface area contributed by atoms with Crippen molar-refractivity contribution in [2.75, 3.05) is 4.90 Å². The largest absolute Gasteiger partial charge is 0.312 e. The van der Waals surface area contributed by atoms with Crippen LogP contribution >= 0.6 is 0 Å². The van der Waals surface area contributed by atoms with Crippen molar-refractivity contribution < 1.29 is 0 Å². The Hall–Kier alpha value is -6.12. The molecule has 300 valence electrons. The highest BCUT2D eigenvalue weighted by Crippen LogP contribution is 2.44. The predicted molar refractivity (Wildman–Crippen MR) is 334 cm³/mol. The van der Waals surface area contributed by atoms with Gasteiger partial charge in [-0.1, -0.05) is 182 Å². The van der Waals surface area contributed by atoms with Crippen LogP contribution in [0.4, 0.5) is 17.1 Å². The van der Waals surface area contributed by atoms with Crippen LogP contribution in [0, 0.1) is 0 Å². The van der Waals surface area contributed by atoms with Crippen LogP contribution in [-0.4, -0.2) is 102 Å². The molecular weight excluding hydrogens is 779 g/mol. The summed E-state index contributed by atoms with van der Waals surface area (Å²) < 4.78 is 0. The summed E-state index contributed by atoms with van der Waals surface area (Å²) in [4.78, 5) is 2.68. The van der Waals surface area contributed by atoms with Crippen molar-refractivity contribution >= 4 is 233 Å². The Labute approximate surface area is 402 Å². The first-order chi connectivity index (χ1) is 31.7. The standard InChI is InChI=1S/C52H48B13N/c53-38-36(39(54)45(60)46(61)44(38)59)37-42(57)49(64)52(50(65)43(37)58)66(32-22-24-14-4-5-15-25(24)26-16-6-9-19-29(26)32)51-47(62)40(55)35(41(56)48(51)63)34-31-21-11-8-18-28(31)27-17-7-10-20-30(27)33(34)23-12-2-1-3-13-23/h1-22H,53-65H2. The summed E-state index contributed by atoms with van der Waals surface area (Å²) >= 11 is 0. The zero-order valence-electron chi connectivity index (χ0n) is 41.1. The third-order valence-electron chi connectivity index (χ3n) is 16.1. The van der Waals surface area contributed by atoms with E-state index in [-0.39, 0.29) is 0 Å². The van der Waals surface area contributed by atoms with E-state index in [2.05, 4.69) is 240 Å². The van der Waals surface area contributed by atoms with Gasteiger partial charge < -0.3 is 4.90 Å². The molecule has 14 heteroatoms. The summed E-state index contributed by atoms with van der Waals surface area (Å²) in [5, 5.41) is 10.2. The number of rotatable bonds is 6. The summed E-state index contributed by atoms with van der Waals surface area (Å²) in [6, 6.07) is 49.5. The number of benzene rings is 10. The molecule has 0 amide bonds. The minimum Gasteiger partial charge on any atom is -0.312 e. The van der Waals surface area contributed by atoms with E-state index >= 15 is 0 Å². The average molecular weight is 828 g/mol. The maximum absolute atomic E-state index is 2.68. The molecule has 0 aliphatic carbocycles. The maximum atomic E-state index is 2.68. The van der Waals surface area contributed by atoms with Gasteiger partial charge in [0.25, 0.3) is 0 Å². The van der Waals surface area contributed by atoms with Crippen LogP contribution in [-0.2, 0) is 0 Å². The number of hydrogen-bond donors (Lipinski definition) is 0. The van der Waals surface area contributed by atoms with Gasteiger partial charge in [-0.2, -0.15) is 0 Å². The van der Waals surface area contributed by atoms with Crippen LogP contribution in [0.1, 0.15) is 0 Å². The lowest BCUT2D eigenvalue weighted by atomic mass is 9.56. The topological polar surface area (TPSA) is 3.24 Å². The number of anilines is 3. The number of hydrogen-bond acceptors (Lipinski definition) is 1. The Balaban J connectivity index is 1.35. The monoisotopic (exact) mass is 829 g/mol. The van der Waals surface area contributed by atoms with E-state index in [0.717, 1.165) is 0 Å². The number of fused-ring (bicyclic) bond motifs is 6. The molecule has 0 saturated carbocycles. The smallest absolute Gasteiger partial charge is 0.141 e. The SMILES string of the molecule is Bc1c(B)c(B)c(-c2c(B)c(B)c(N(c3c(B)c(B)c(-c4c(-c5ccccc5)c5ccccc5c5ccccc45)c(B)c3B)c3cc4ccccc4c4ccccc34)c(B)c2B)c(B)c1B. The van der Waals surface area contributed by atoms with Crippen LogP contribution in [0.2, 0.25) is 0 Å². The molecule has 0 aliphatic heterocycles. The maximum Gasteiger partial charge on any atom is 0.141 e. The second-order valence-electron chi connectivity index (χ2n) is 19.2. The highest BCUT2D eigenvalue weighted by molar-refractivity contribution is 6.71. The van der Waals surface area contributed by atoms with E-state index < -0.39 is 0 Å². The van der Waals surface area contributed by atoms with Gasteiger partial charge in [-0.3, -0.25) is 0 Å². The molecule has 0 N–H and O–H groups in total. The zero-order valence-corrected chi connectivity index (χ0v) is 41.1. The molecule has 0 saturated heterocycles. The van der Waals surface area contributed by atoms with Gasteiger partial charge in [0.1, 0.15) is 102 Å². The third kappa shape index (κ3) is 6.49. The van der Waals surface area contributed by atoms with Gasteiger partial charge in [-0.15, -0.1) is 16.4 Å². The molecule has 0 spiro atoms. The first-order valence-corrected chi connectivity index (χ1v) is 23.7. The molecule has 1 nitrogen and oxygen atoms in total. The molecule has 0 aliphatic rings. The summed E-state index contributed by atoms with van der Waals surface area (Å²) in [5.41, 5.74) is 29.1. The van der Waals surface area contributed by atoms with Crippen molar-refractivity contribution in [3.05, 3.63) is 133 Å². The normalized spacial score (nSPS) is 11.5. The Morgan fingerprint density at radius 3 is 1.03 bits per heavy atom. The lowest BCUT2D eigenvalue weighted by molar-refractivity contribution is 1.36. The average Bonchev–Trinajstić information content (AvgIpc) is 3.34. The van der Waals surface area contributed by atoms with Gasteiger partial charge in [-0.25, -0.2) is 0 Å². The summed E-state index contributed by atoms with van der Waals surface area (Å²) in [7, 11) is 30.6.